The summed E-state index contributed by atoms with van der Waals surface area (Å²) in [6.45, 7) is 0. The van der Waals surface area contributed by atoms with Crippen LogP contribution >= 0.6 is 0 Å². The summed E-state index contributed by atoms with van der Waals surface area (Å²) in [5.41, 5.74) is 12.2. The van der Waals surface area contributed by atoms with Gasteiger partial charge in [-0.05, 0) is 118 Å². The molecular formula is C72H50N2Si2. The summed E-state index contributed by atoms with van der Waals surface area (Å²) in [4.78, 5) is 0. The first-order chi connectivity index (χ1) is 37.7. The van der Waals surface area contributed by atoms with Gasteiger partial charge in [-0.3, -0.25) is 0 Å². The first-order valence-electron chi connectivity index (χ1n) is 26.4. The molecule has 3 heterocycles. The number of fused-ring (bicyclic) bond motifs is 9. The van der Waals surface area contributed by atoms with Crippen molar-refractivity contribution >= 4 is 101 Å². The van der Waals surface area contributed by atoms with Crippen molar-refractivity contribution in [2.75, 3.05) is 0 Å². The SMILES string of the molecule is c1ccc([Si](c2ccccc2)(c2ccccc2)c2ccc(-n3c4ccccc4c4cc(-n5c6ccccc6c6c(-c7ccc8c(c7)-c7ccccc7[Si]8(c7ccccc7)c7ccccc7)cccc65)ccc43)cc2)cc1. The third-order valence-electron chi connectivity index (χ3n) is 16.6. The van der Waals surface area contributed by atoms with Gasteiger partial charge in [-0.1, -0.05) is 249 Å². The van der Waals surface area contributed by atoms with E-state index in [0.717, 1.165) is 11.4 Å². The molecule has 0 saturated carbocycles. The number of aromatic nitrogens is 2. The molecule has 0 unspecified atom stereocenters. The highest BCUT2D eigenvalue weighted by molar-refractivity contribution is 7.22. The van der Waals surface area contributed by atoms with Gasteiger partial charge < -0.3 is 9.13 Å². The maximum Gasteiger partial charge on any atom is 0.180 e. The summed E-state index contributed by atoms with van der Waals surface area (Å²) in [5, 5.41) is 16.2. The van der Waals surface area contributed by atoms with E-state index >= 15 is 0 Å². The maximum atomic E-state index is 2.50. The van der Waals surface area contributed by atoms with Crippen LogP contribution in [-0.2, 0) is 0 Å². The molecule has 0 atom stereocenters. The van der Waals surface area contributed by atoms with Gasteiger partial charge >= 0.3 is 0 Å². The standard InChI is InChI=1S/C72H50N2Si2/c1-6-23-54(24-7-1)75(55-25-8-2-9-26-55,56-27-10-3-11-28-56)59-45-42-52(43-46-59)73-66-37-19-16-33-61(66)64-50-53(44-47-68(64)73)74-67-38-20-17-35-63(67)72-60(36-22-39-69(72)74)51-41-48-71-65(49-51)62-34-18-21-40-70(62)76(71,57-29-12-4-13-30-57)58-31-14-5-15-32-58/h1-50H. The Labute approximate surface area is 444 Å². The van der Waals surface area contributed by atoms with Crippen LogP contribution in [0.25, 0.3) is 77.2 Å². The van der Waals surface area contributed by atoms with Crippen LogP contribution in [0.3, 0.4) is 0 Å². The average molecular weight is 999 g/mol. The molecule has 0 aliphatic carbocycles. The Kier molecular flexibility index (Phi) is 10.3. The van der Waals surface area contributed by atoms with Gasteiger partial charge in [-0.2, -0.15) is 0 Å². The third-order valence-corrected chi connectivity index (χ3v) is 26.2. The Morgan fingerprint density at radius 1 is 0.263 bits per heavy atom. The van der Waals surface area contributed by atoms with Crippen molar-refractivity contribution in [3.63, 3.8) is 0 Å². The second kappa shape index (κ2) is 17.7. The smallest absolute Gasteiger partial charge is 0.180 e. The second-order valence-electron chi connectivity index (χ2n) is 20.3. The van der Waals surface area contributed by atoms with Crippen LogP contribution in [0, 0.1) is 0 Å². The van der Waals surface area contributed by atoms with Crippen LogP contribution in [0.2, 0.25) is 0 Å². The van der Waals surface area contributed by atoms with Crippen molar-refractivity contribution < 1.29 is 0 Å². The van der Waals surface area contributed by atoms with Crippen LogP contribution in [-0.4, -0.2) is 25.3 Å². The van der Waals surface area contributed by atoms with E-state index in [-0.39, 0.29) is 0 Å². The highest BCUT2D eigenvalue weighted by Crippen LogP contribution is 2.42. The molecule has 0 fully saturated rings. The van der Waals surface area contributed by atoms with E-state index in [4.69, 9.17) is 0 Å². The van der Waals surface area contributed by atoms with Crippen LogP contribution < -0.4 is 41.5 Å². The Morgan fingerprint density at radius 2 is 0.711 bits per heavy atom. The number of nitrogens with zero attached hydrogens (tertiary/aromatic N) is 2. The molecule has 12 aromatic carbocycles. The molecule has 0 amide bonds. The minimum absolute atomic E-state index is 1.14. The summed E-state index contributed by atoms with van der Waals surface area (Å²) < 4.78 is 4.94. The lowest BCUT2D eigenvalue weighted by molar-refractivity contribution is 1.17. The highest BCUT2D eigenvalue weighted by Gasteiger charge is 2.48. The van der Waals surface area contributed by atoms with Gasteiger partial charge in [0.05, 0.1) is 22.1 Å². The number of hydrogen-bond acceptors (Lipinski definition) is 0. The monoisotopic (exact) mass is 998 g/mol. The second-order valence-corrected chi connectivity index (χ2v) is 27.8. The van der Waals surface area contributed by atoms with Gasteiger partial charge in [-0.25, -0.2) is 0 Å². The topological polar surface area (TPSA) is 9.86 Å². The molecule has 1 aliphatic rings. The highest BCUT2D eigenvalue weighted by atomic mass is 28.3. The lowest BCUT2D eigenvalue weighted by Gasteiger charge is -2.34. The van der Waals surface area contributed by atoms with Crippen molar-refractivity contribution in [3.05, 3.63) is 303 Å². The minimum Gasteiger partial charge on any atom is -0.309 e. The van der Waals surface area contributed by atoms with Gasteiger partial charge in [0.25, 0.3) is 0 Å². The first-order valence-corrected chi connectivity index (χ1v) is 30.4. The molecule has 4 heteroatoms. The van der Waals surface area contributed by atoms with E-state index in [1.165, 1.54) is 107 Å². The molecule has 0 saturated heterocycles. The summed E-state index contributed by atoms with van der Waals surface area (Å²) >= 11 is 0. The molecule has 2 aromatic heterocycles. The van der Waals surface area contributed by atoms with Crippen LogP contribution in [0.1, 0.15) is 0 Å². The van der Waals surface area contributed by atoms with Crippen molar-refractivity contribution in [2.24, 2.45) is 0 Å². The summed E-state index contributed by atoms with van der Waals surface area (Å²) in [6, 6.07) is 114. The Morgan fingerprint density at radius 3 is 1.34 bits per heavy atom. The zero-order valence-corrected chi connectivity index (χ0v) is 43.8. The molecule has 0 bridgehead atoms. The van der Waals surface area contributed by atoms with Crippen molar-refractivity contribution in [2.45, 2.75) is 0 Å². The Hall–Kier alpha value is -9.33. The summed E-state index contributed by atoms with van der Waals surface area (Å²) in [7, 11) is -5.29. The van der Waals surface area contributed by atoms with Crippen LogP contribution in [0.4, 0.5) is 0 Å². The number of hydrogen-bond donors (Lipinski definition) is 0. The van der Waals surface area contributed by atoms with E-state index in [9.17, 15) is 0 Å². The number of para-hydroxylation sites is 2. The van der Waals surface area contributed by atoms with E-state index < -0.39 is 16.1 Å². The zero-order valence-electron chi connectivity index (χ0n) is 41.8. The molecule has 14 aromatic rings. The molecular weight excluding hydrogens is 949 g/mol. The van der Waals surface area contributed by atoms with Gasteiger partial charge in [0.1, 0.15) is 0 Å². The zero-order chi connectivity index (χ0) is 50.2. The van der Waals surface area contributed by atoms with Crippen molar-refractivity contribution in [1.82, 2.24) is 9.13 Å². The van der Waals surface area contributed by atoms with Crippen molar-refractivity contribution in [1.29, 1.82) is 0 Å². The molecule has 0 spiro atoms. The fourth-order valence-electron chi connectivity index (χ4n) is 13.5. The molecule has 0 N–H and O–H groups in total. The molecule has 1 aliphatic heterocycles. The van der Waals surface area contributed by atoms with Crippen LogP contribution in [0.15, 0.2) is 303 Å². The third kappa shape index (κ3) is 6.45. The maximum absolute atomic E-state index is 2.69. The molecule has 0 radical (unpaired) electrons. The lowest BCUT2D eigenvalue weighted by atomic mass is 9.96. The minimum atomic E-state index is -2.69. The first kappa shape index (κ1) is 44.2. The summed E-state index contributed by atoms with van der Waals surface area (Å²) in [6.07, 6.45) is 0. The van der Waals surface area contributed by atoms with Gasteiger partial charge in [0.15, 0.2) is 16.1 Å². The fourth-order valence-corrected chi connectivity index (χ4v) is 23.4. The van der Waals surface area contributed by atoms with E-state index in [2.05, 4.69) is 312 Å². The largest absolute Gasteiger partial charge is 0.309 e. The number of rotatable bonds is 9. The van der Waals surface area contributed by atoms with Crippen LogP contribution in [0.5, 0.6) is 0 Å². The summed E-state index contributed by atoms with van der Waals surface area (Å²) in [5.74, 6) is 0. The fraction of sp³-hybridized carbons (Fsp3) is 0. The van der Waals surface area contributed by atoms with E-state index in [1.54, 1.807) is 0 Å². The number of benzene rings is 12. The van der Waals surface area contributed by atoms with Gasteiger partial charge in [0.2, 0.25) is 0 Å². The predicted octanol–water partition coefficient (Wildman–Crippen LogP) is 12.3. The molecule has 15 rings (SSSR count). The van der Waals surface area contributed by atoms with E-state index in [0.29, 0.717) is 0 Å². The van der Waals surface area contributed by atoms with Crippen molar-refractivity contribution in [3.8, 4) is 33.6 Å². The molecule has 76 heavy (non-hydrogen) atoms. The Balaban J connectivity index is 0.881. The van der Waals surface area contributed by atoms with Gasteiger partial charge in [0, 0.05) is 32.9 Å². The normalized spacial score (nSPS) is 12.8. The lowest BCUT2D eigenvalue weighted by Crippen LogP contribution is -2.74. The molecule has 356 valence electrons. The average Bonchev–Trinajstić information content (AvgIpc) is 4.13. The Bertz CT molecular complexity index is 4350. The predicted molar refractivity (Wildman–Crippen MR) is 327 cm³/mol. The molecule has 2 nitrogen and oxygen atoms in total. The van der Waals surface area contributed by atoms with E-state index in [1.807, 2.05) is 0 Å². The quantitative estimate of drug-likeness (QED) is 0.101. The van der Waals surface area contributed by atoms with Gasteiger partial charge in [-0.15, -0.1) is 0 Å².